The number of carbonyl (C=O) groups excluding carboxylic acids is 2. The SMILES string of the molecule is CC(C)CCCCCCCCCCCCCC(CC(O)CO)C(=O)OCCOOC(=O)C(CCCCCCCCCCCCCC(C)C)CC(O)CO. The lowest BCUT2D eigenvalue weighted by Gasteiger charge is -2.19. The van der Waals surface area contributed by atoms with Crippen molar-refractivity contribution in [3.05, 3.63) is 0 Å². The molecule has 0 amide bonds. The fourth-order valence-electron chi connectivity index (χ4n) is 7.00. The van der Waals surface area contributed by atoms with Crippen LogP contribution in [-0.2, 0) is 24.1 Å². The summed E-state index contributed by atoms with van der Waals surface area (Å²) in [6.45, 7) is 8.06. The van der Waals surface area contributed by atoms with Gasteiger partial charge in [0, 0.05) is 0 Å². The van der Waals surface area contributed by atoms with Crippen molar-refractivity contribution in [3.63, 3.8) is 0 Å². The first-order valence-electron chi connectivity index (χ1n) is 22.2. The van der Waals surface area contributed by atoms with E-state index in [1.165, 1.54) is 116 Å². The predicted octanol–water partition coefficient (Wildman–Crippen LogP) is 10.2. The van der Waals surface area contributed by atoms with Crippen molar-refractivity contribution in [3.8, 4) is 0 Å². The van der Waals surface area contributed by atoms with Gasteiger partial charge in [-0.05, 0) is 37.5 Å². The molecule has 0 aliphatic rings. The molecule has 9 heteroatoms. The third-order valence-electron chi connectivity index (χ3n) is 10.4. The molecule has 0 bridgehead atoms. The Morgan fingerprint density at radius 2 is 0.736 bits per heavy atom. The first kappa shape index (κ1) is 51.7. The normalized spacial score (nSPS) is 14.1. The second kappa shape index (κ2) is 37.7. The van der Waals surface area contributed by atoms with E-state index in [0.29, 0.717) is 12.8 Å². The van der Waals surface area contributed by atoms with Crippen LogP contribution in [0.15, 0.2) is 0 Å². The molecule has 0 spiro atoms. The van der Waals surface area contributed by atoms with Gasteiger partial charge in [-0.3, -0.25) is 9.68 Å². The maximum absolute atomic E-state index is 12.8. The van der Waals surface area contributed by atoms with Crippen molar-refractivity contribution >= 4 is 11.9 Å². The molecule has 316 valence electrons. The molecule has 4 atom stereocenters. The molecule has 53 heavy (non-hydrogen) atoms. The van der Waals surface area contributed by atoms with Crippen molar-refractivity contribution < 1.29 is 44.5 Å². The van der Waals surface area contributed by atoms with Crippen LogP contribution in [0.3, 0.4) is 0 Å². The van der Waals surface area contributed by atoms with Gasteiger partial charge in [-0.2, -0.15) is 4.89 Å². The third kappa shape index (κ3) is 34.9. The minimum absolute atomic E-state index is 0.0956. The predicted molar refractivity (Wildman–Crippen MR) is 215 cm³/mol. The first-order chi connectivity index (χ1) is 25.6. The Morgan fingerprint density at radius 1 is 0.434 bits per heavy atom. The lowest BCUT2D eigenvalue weighted by molar-refractivity contribution is -0.280. The lowest BCUT2D eigenvalue weighted by Crippen LogP contribution is -2.27. The molecule has 0 aromatic rings. The van der Waals surface area contributed by atoms with Gasteiger partial charge >= 0.3 is 11.9 Å². The summed E-state index contributed by atoms with van der Waals surface area (Å²) in [5.74, 6) is -0.560. The van der Waals surface area contributed by atoms with Crippen molar-refractivity contribution in [2.75, 3.05) is 26.4 Å². The molecule has 0 fully saturated rings. The van der Waals surface area contributed by atoms with Gasteiger partial charge in [-0.15, -0.1) is 0 Å². The molecule has 0 saturated carbocycles. The van der Waals surface area contributed by atoms with Gasteiger partial charge in [-0.1, -0.05) is 182 Å². The van der Waals surface area contributed by atoms with E-state index in [1.807, 2.05) is 0 Å². The number of rotatable bonds is 40. The molecule has 4 unspecified atom stereocenters. The Bertz CT molecular complexity index is 742. The van der Waals surface area contributed by atoms with Gasteiger partial charge in [0.1, 0.15) is 13.2 Å². The van der Waals surface area contributed by atoms with Gasteiger partial charge < -0.3 is 25.2 Å². The number of carbonyl (C=O) groups is 2. The smallest absolute Gasteiger partial charge is 0.345 e. The highest BCUT2D eigenvalue weighted by molar-refractivity contribution is 5.72. The van der Waals surface area contributed by atoms with Crippen LogP contribution in [0.5, 0.6) is 0 Å². The van der Waals surface area contributed by atoms with Crippen LogP contribution in [0.2, 0.25) is 0 Å². The molecule has 0 aliphatic carbocycles. The Labute approximate surface area is 325 Å². The highest BCUT2D eigenvalue weighted by Gasteiger charge is 2.25. The molecule has 0 saturated heterocycles. The zero-order valence-corrected chi connectivity index (χ0v) is 34.9. The van der Waals surface area contributed by atoms with Crippen molar-refractivity contribution in [1.29, 1.82) is 0 Å². The van der Waals surface area contributed by atoms with E-state index in [2.05, 4.69) is 27.7 Å². The number of aliphatic hydroxyl groups is 4. The molecule has 4 N–H and O–H groups in total. The number of hydrogen-bond donors (Lipinski definition) is 4. The fraction of sp³-hybridized carbons (Fsp3) is 0.955. The second-order valence-corrected chi connectivity index (χ2v) is 16.7. The topological polar surface area (TPSA) is 143 Å². The van der Waals surface area contributed by atoms with Gasteiger partial charge in [0.15, 0.2) is 0 Å². The average molecular weight is 759 g/mol. The van der Waals surface area contributed by atoms with E-state index in [1.54, 1.807) is 0 Å². The summed E-state index contributed by atoms with van der Waals surface area (Å²) in [5.41, 5.74) is 0. The minimum Gasteiger partial charge on any atom is -0.463 e. The zero-order chi connectivity index (χ0) is 39.4. The van der Waals surface area contributed by atoms with E-state index in [0.717, 1.165) is 50.4 Å². The first-order valence-corrected chi connectivity index (χ1v) is 22.2. The Hall–Kier alpha value is -1.26. The van der Waals surface area contributed by atoms with Crippen LogP contribution in [-0.4, -0.2) is 71.0 Å². The van der Waals surface area contributed by atoms with E-state index >= 15 is 0 Å². The fourth-order valence-corrected chi connectivity index (χ4v) is 7.00. The standard InChI is InChI=1S/C44H86O9/c1-37(2)27-23-19-15-11-7-5-9-13-17-21-25-29-39(33-41(47)35-45)43(49)51-31-32-52-53-44(50)40(34-42(48)36-46)30-26-22-18-14-10-6-8-12-16-20-24-28-38(3)4/h37-42,45-48H,5-36H2,1-4H3. The molecule has 0 aromatic carbocycles. The summed E-state index contributed by atoms with van der Waals surface area (Å²) in [4.78, 5) is 35.6. The number of unbranched alkanes of at least 4 members (excludes halogenated alkanes) is 20. The molecule has 0 aromatic heterocycles. The second-order valence-electron chi connectivity index (χ2n) is 16.7. The molecule has 0 aliphatic heterocycles. The summed E-state index contributed by atoms with van der Waals surface area (Å²) in [5, 5.41) is 38.6. The lowest BCUT2D eigenvalue weighted by atomic mass is 9.94. The zero-order valence-electron chi connectivity index (χ0n) is 34.9. The number of esters is 1. The van der Waals surface area contributed by atoms with Gasteiger partial charge in [-0.25, -0.2) is 4.79 Å². The quantitative estimate of drug-likeness (QED) is 0.0208. The Morgan fingerprint density at radius 3 is 1.06 bits per heavy atom. The molecule has 0 rings (SSSR count). The maximum Gasteiger partial charge on any atom is 0.345 e. The van der Waals surface area contributed by atoms with Gasteiger partial charge in [0.05, 0.1) is 37.3 Å². The largest absolute Gasteiger partial charge is 0.463 e. The maximum atomic E-state index is 12.8. The van der Waals surface area contributed by atoms with Crippen LogP contribution in [0, 0.1) is 23.7 Å². The van der Waals surface area contributed by atoms with Crippen molar-refractivity contribution in [2.45, 2.75) is 220 Å². The average Bonchev–Trinajstić information content (AvgIpc) is 3.13. The van der Waals surface area contributed by atoms with Gasteiger partial charge in [0.25, 0.3) is 0 Å². The number of ether oxygens (including phenoxy) is 1. The highest BCUT2D eigenvalue weighted by atomic mass is 17.2. The van der Waals surface area contributed by atoms with Crippen LogP contribution in [0.4, 0.5) is 0 Å². The molecule has 0 heterocycles. The summed E-state index contributed by atoms with van der Waals surface area (Å²) in [6, 6.07) is 0. The summed E-state index contributed by atoms with van der Waals surface area (Å²) < 4.78 is 5.38. The van der Waals surface area contributed by atoms with E-state index in [9.17, 15) is 30.0 Å². The molecular weight excluding hydrogens is 672 g/mol. The summed E-state index contributed by atoms with van der Waals surface area (Å²) in [7, 11) is 0. The van der Waals surface area contributed by atoms with Crippen LogP contribution in [0.1, 0.15) is 207 Å². The third-order valence-corrected chi connectivity index (χ3v) is 10.4. The summed E-state index contributed by atoms with van der Waals surface area (Å²) in [6.07, 6.45) is 28.7. The van der Waals surface area contributed by atoms with Crippen LogP contribution >= 0.6 is 0 Å². The van der Waals surface area contributed by atoms with E-state index < -0.39 is 49.2 Å². The van der Waals surface area contributed by atoms with E-state index in [4.69, 9.17) is 14.5 Å². The Kier molecular flexibility index (Phi) is 36.8. The summed E-state index contributed by atoms with van der Waals surface area (Å²) >= 11 is 0. The Balaban J connectivity index is 4.23. The van der Waals surface area contributed by atoms with Crippen molar-refractivity contribution in [1.82, 2.24) is 0 Å². The molecule has 0 radical (unpaired) electrons. The van der Waals surface area contributed by atoms with Crippen LogP contribution < -0.4 is 0 Å². The number of hydrogen-bond acceptors (Lipinski definition) is 9. The minimum atomic E-state index is -1.01. The van der Waals surface area contributed by atoms with Gasteiger partial charge in [0.2, 0.25) is 0 Å². The van der Waals surface area contributed by atoms with Crippen molar-refractivity contribution in [2.24, 2.45) is 23.7 Å². The molecular formula is C44H86O9. The van der Waals surface area contributed by atoms with E-state index in [-0.39, 0.29) is 26.1 Å². The molecule has 9 nitrogen and oxygen atoms in total. The monoisotopic (exact) mass is 759 g/mol. The number of aliphatic hydroxyl groups excluding tert-OH is 4. The highest BCUT2D eigenvalue weighted by Crippen LogP contribution is 2.22. The van der Waals surface area contributed by atoms with Crippen LogP contribution in [0.25, 0.3) is 0 Å².